The predicted molar refractivity (Wildman–Crippen MR) is 117 cm³/mol. The van der Waals surface area contributed by atoms with Crippen LogP contribution in [0.15, 0.2) is 29.1 Å². The van der Waals surface area contributed by atoms with Crippen molar-refractivity contribution in [3.63, 3.8) is 0 Å². The van der Waals surface area contributed by atoms with Crippen molar-refractivity contribution in [2.45, 2.75) is 65.6 Å². The largest absolute Gasteiger partial charge is 0.395 e. The number of H-pyrrole nitrogens is 1. The van der Waals surface area contributed by atoms with Gasteiger partial charge >= 0.3 is 0 Å². The Hall–Kier alpha value is -2.58. The maximum atomic E-state index is 12.7. The zero-order chi connectivity index (χ0) is 21.9. The molecular formula is C22H32N6O2. The maximum absolute atomic E-state index is 12.7. The first-order valence-corrected chi connectivity index (χ1v) is 10.6. The maximum Gasteiger partial charge on any atom is 0.252 e. The molecule has 0 unspecified atom stereocenters. The number of aliphatic hydroxyl groups excluding tert-OH is 1. The summed E-state index contributed by atoms with van der Waals surface area (Å²) in [5.41, 5.74) is 2.28. The second kappa shape index (κ2) is 9.06. The van der Waals surface area contributed by atoms with E-state index < -0.39 is 0 Å². The van der Waals surface area contributed by atoms with Gasteiger partial charge < -0.3 is 10.1 Å². The Morgan fingerprint density at radius 2 is 2.03 bits per heavy atom. The van der Waals surface area contributed by atoms with Gasteiger partial charge in [-0.05, 0) is 67.6 Å². The van der Waals surface area contributed by atoms with Crippen LogP contribution >= 0.6 is 0 Å². The van der Waals surface area contributed by atoms with Gasteiger partial charge in [-0.1, -0.05) is 25.5 Å². The third-order valence-corrected chi connectivity index (χ3v) is 5.90. The molecule has 0 aliphatic carbocycles. The lowest BCUT2D eigenvalue weighted by Crippen LogP contribution is -2.37. The topological polar surface area (TPSA) is 99.9 Å². The number of aryl methyl sites for hydroxylation is 1. The molecule has 8 heteroatoms. The van der Waals surface area contributed by atoms with Crippen molar-refractivity contribution in [3.05, 3.63) is 51.6 Å². The summed E-state index contributed by atoms with van der Waals surface area (Å²) in [5, 5.41) is 23.2. The lowest BCUT2D eigenvalue weighted by molar-refractivity contribution is 0.125. The highest BCUT2D eigenvalue weighted by Crippen LogP contribution is 2.28. The average Bonchev–Trinajstić information content (AvgIpc) is 3.20. The fourth-order valence-electron chi connectivity index (χ4n) is 3.77. The summed E-state index contributed by atoms with van der Waals surface area (Å²) < 4.78 is 1.87. The van der Waals surface area contributed by atoms with Crippen molar-refractivity contribution in [1.29, 1.82) is 0 Å². The summed E-state index contributed by atoms with van der Waals surface area (Å²) in [4.78, 5) is 17.8. The number of benzene rings is 1. The van der Waals surface area contributed by atoms with Crippen molar-refractivity contribution in [2.75, 3.05) is 13.2 Å². The van der Waals surface area contributed by atoms with Gasteiger partial charge in [0.25, 0.3) is 5.56 Å². The van der Waals surface area contributed by atoms with Crippen LogP contribution in [0.5, 0.6) is 0 Å². The van der Waals surface area contributed by atoms with Crippen LogP contribution in [-0.2, 0) is 12.1 Å². The first kappa shape index (κ1) is 22.1. The molecular weight excluding hydrogens is 380 g/mol. The summed E-state index contributed by atoms with van der Waals surface area (Å²) in [5.74, 6) is 0.755. The average molecular weight is 413 g/mol. The van der Waals surface area contributed by atoms with E-state index in [1.165, 1.54) is 0 Å². The minimum atomic E-state index is -0.227. The molecule has 0 fully saturated rings. The molecule has 0 aliphatic heterocycles. The number of pyridine rings is 1. The van der Waals surface area contributed by atoms with E-state index in [1.54, 1.807) is 0 Å². The van der Waals surface area contributed by atoms with Crippen molar-refractivity contribution >= 4 is 10.9 Å². The fraction of sp³-hybridized carbons (Fsp3) is 0.545. The molecule has 0 saturated heterocycles. The highest BCUT2D eigenvalue weighted by molar-refractivity contribution is 5.79. The molecule has 1 aromatic carbocycles. The van der Waals surface area contributed by atoms with Gasteiger partial charge in [0, 0.05) is 24.2 Å². The lowest BCUT2D eigenvalue weighted by atomic mass is 10.0. The van der Waals surface area contributed by atoms with E-state index in [1.807, 2.05) is 29.8 Å². The molecule has 0 saturated carbocycles. The van der Waals surface area contributed by atoms with Crippen LogP contribution in [0.4, 0.5) is 0 Å². The number of hydrogen-bond donors (Lipinski definition) is 2. The number of aromatic amines is 1. The second-order valence-electron chi connectivity index (χ2n) is 8.45. The Kier molecular flexibility index (Phi) is 6.67. The monoisotopic (exact) mass is 412 g/mol. The van der Waals surface area contributed by atoms with Gasteiger partial charge in [0.2, 0.25) is 0 Å². The smallest absolute Gasteiger partial charge is 0.252 e. The normalized spacial score (nSPS) is 13.3. The van der Waals surface area contributed by atoms with Crippen LogP contribution in [-0.4, -0.2) is 48.3 Å². The van der Waals surface area contributed by atoms with Gasteiger partial charge in [-0.2, -0.15) is 0 Å². The third-order valence-electron chi connectivity index (χ3n) is 5.90. The Morgan fingerprint density at radius 1 is 1.27 bits per heavy atom. The molecule has 30 heavy (non-hydrogen) atoms. The molecule has 1 atom stereocenters. The van der Waals surface area contributed by atoms with Crippen molar-refractivity contribution in [1.82, 2.24) is 30.1 Å². The van der Waals surface area contributed by atoms with Gasteiger partial charge in [0.1, 0.15) is 0 Å². The zero-order valence-corrected chi connectivity index (χ0v) is 18.5. The summed E-state index contributed by atoms with van der Waals surface area (Å²) >= 11 is 0. The molecule has 2 N–H and O–H groups in total. The number of fused-ring (bicyclic) bond motifs is 1. The van der Waals surface area contributed by atoms with E-state index in [-0.39, 0.29) is 23.7 Å². The summed E-state index contributed by atoms with van der Waals surface area (Å²) in [7, 11) is 0. The second-order valence-corrected chi connectivity index (χ2v) is 8.45. The summed E-state index contributed by atoms with van der Waals surface area (Å²) in [6.07, 6.45) is 1.63. The number of aliphatic hydroxyl groups is 1. The van der Waals surface area contributed by atoms with Crippen molar-refractivity contribution in [2.24, 2.45) is 0 Å². The number of nitrogens with one attached hydrogen (secondary N) is 1. The molecule has 2 aromatic heterocycles. The summed E-state index contributed by atoms with van der Waals surface area (Å²) in [6.45, 7) is 11.2. The Morgan fingerprint density at radius 3 is 2.70 bits per heavy atom. The Labute approximate surface area is 176 Å². The van der Waals surface area contributed by atoms with Crippen LogP contribution in [0.2, 0.25) is 0 Å². The number of tetrazole rings is 1. The van der Waals surface area contributed by atoms with Crippen molar-refractivity contribution < 1.29 is 5.11 Å². The van der Waals surface area contributed by atoms with Gasteiger partial charge in [0.15, 0.2) is 5.82 Å². The zero-order valence-electron chi connectivity index (χ0n) is 18.5. The minimum Gasteiger partial charge on any atom is -0.395 e. The molecule has 0 radical (unpaired) electrons. The van der Waals surface area contributed by atoms with E-state index >= 15 is 0 Å². The first-order valence-electron chi connectivity index (χ1n) is 10.6. The van der Waals surface area contributed by atoms with Crippen LogP contribution in [0.3, 0.4) is 0 Å². The highest BCUT2D eigenvalue weighted by Gasteiger charge is 2.30. The standard InChI is InChI=1S/C22H32N6O2/c1-6-19(20-24-25-26-28(20)22(4,5)7-2)27(10-11-29)14-17-13-16-12-15(3)8-9-18(16)23-21(17)30/h8-9,12-13,19,29H,6-7,10-11,14H2,1-5H3,(H,23,30)/t19-/m0/s1. The molecule has 2 heterocycles. The van der Waals surface area contributed by atoms with Crippen LogP contribution < -0.4 is 5.56 Å². The molecule has 8 nitrogen and oxygen atoms in total. The van der Waals surface area contributed by atoms with E-state index in [0.717, 1.165) is 35.1 Å². The lowest BCUT2D eigenvalue weighted by Gasteiger charge is -2.32. The van der Waals surface area contributed by atoms with Crippen molar-refractivity contribution in [3.8, 4) is 0 Å². The van der Waals surface area contributed by atoms with Gasteiger partial charge in [-0.25, -0.2) is 4.68 Å². The van der Waals surface area contributed by atoms with Gasteiger partial charge in [-0.3, -0.25) is 9.69 Å². The SMILES string of the molecule is CC[C@@H](c1nnnn1C(C)(C)CC)N(CCO)Cc1cc2cc(C)ccc2[nH]c1=O. The van der Waals surface area contributed by atoms with Gasteiger partial charge in [-0.15, -0.1) is 5.10 Å². The Balaban J connectivity index is 2.00. The quantitative estimate of drug-likeness (QED) is 0.561. The third kappa shape index (κ3) is 4.44. The Bertz CT molecular complexity index is 1060. The van der Waals surface area contributed by atoms with Crippen LogP contribution in [0.25, 0.3) is 10.9 Å². The van der Waals surface area contributed by atoms with Gasteiger partial charge in [0.05, 0.1) is 18.2 Å². The number of nitrogens with zero attached hydrogens (tertiary/aromatic N) is 5. The summed E-state index contributed by atoms with van der Waals surface area (Å²) in [6, 6.07) is 7.80. The number of hydrogen-bond acceptors (Lipinski definition) is 6. The van der Waals surface area contributed by atoms with Crippen LogP contribution in [0.1, 0.15) is 63.5 Å². The number of rotatable bonds is 9. The molecule has 3 rings (SSSR count). The highest BCUT2D eigenvalue weighted by atomic mass is 16.3. The van der Waals surface area contributed by atoms with E-state index in [9.17, 15) is 9.90 Å². The fourth-order valence-corrected chi connectivity index (χ4v) is 3.77. The molecule has 162 valence electrons. The predicted octanol–water partition coefficient (Wildman–Crippen LogP) is 2.91. The molecule has 0 spiro atoms. The van der Waals surface area contributed by atoms with E-state index in [0.29, 0.717) is 18.7 Å². The number of aromatic nitrogens is 5. The van der Waals surface area contributed by atoms with E-state index in [2.05, 4.69) is 59.2 Å². The molecule has 0 amide bonds. The molecule has 3 aromatic rings. The molecule has 0 bridgehead atoms. The first-order chi connectivity index (χ1) is 14.3. The van der Waals surface area contributed by atoms with Crippen LogP contribution in [0, 0.1) is 6.92 Å². The van der Waals surface area contributed by atoms with E-state index in [4.69, 9.17) is 0 Å². The molecule has 0 aliphatic rings. The minimum absolute atomic E-state index is 0.0141.